The first-order chi connectivity index (χ1) is 11.1. The zero-order valence-corrected chi connectivity index (χ0v) is 13.5. The normalized spacial score (nSPS) is 22.7. The third kappa shape index (κ3) is 8.02. The molecule has 2 unspecified atom stereocenters. The number of hydrogen-bond acceptors (Lipinski definition) is 8. The summed E-state index contributed by atoms with van der Waals surface area (Å²) in [5.74, 6) is -0.827. The second-order valence-corrected chi connectivity index (χ2v) is 5.71. The highest BCUT2D eigenvalue weighted by Gasteiger charge is 2.24. The smallest absolute Gasteiger partial charge is 0.317 e. The highest BCUT2D eigenvalue weighted by atomic mass is 16.4. The van der Waals surface area contributed by atoms with Crippen LogP contribution < -0.4 is 10.6 Å². The molecule has 0 aromatic carbocycles. The summed E-state index contributed by atoms with van der Waals surface area (Å²) in [5, 5.41) is 43.8. The third-order valence-electron chi connectivity index (χ3n) is 4.01. The van der Waals surface area contributed by atoms with Gasteiger partial charge in [0.25, 0.3) is 0 Å². The maximum absolute atomic E-state index is 10.8. The Labute approximate surface area is 136 Å². The van der Waals surface area contributed by atoms with Gasteiger partial charge in [-0.15, -0.1) is 0 Å². The second kappa shape index (κ2) is 11.7. The molecule has 0 aromatic rings. The van der Waals surface area contributed by atoms with E-state index in [-0.39, 0.29) is 19.8 Å². The van der Waals surface area contributed by atoms with E-state index in [0.717, 1.165) is 0 Å². The Morgan fingerprint density at radius 1 is 0.957 bits per heavy atom. The number of carboxylic acids is 1. The first kappa shape index (κ1) is 20.2. The molecule has 0 spiro atoms. The summed E-state index contributed by atoms with van der Waals surface area (Å²) in [6, 6.07) is -0.491. The van der Waals surface area contributed by atoms with E-state index in [1.807, 2.05) is 9.80 Å². The van der Waals surface area contributed by atoms with E-state index in [2.05, 4.69) is 10.6 Å². The van der Waals surface area contributed by atoms with Crippen LogP contribution in [0.1, 0.15) is 0 Å². The van der Waals surface area contributed by atoms with E-state index in [0.29, 0.717) is 52.4 Å². The van der Waals surface area contributed by atoms with Crippen molar-refractivity contribution in [2.75, 3.05) is 72.1 Å². The number of aliphatic hydroxyl groups is 3. The fourth-order valence-corrected chi connectivity index (χ4v) is 2.68. The summed E-state index contributed by atoms with van der Waals surface area (Å²) in [5.41, 5.74) is 0. The van der Waals surface area contributed by atoms with Gasteiger partial charge in [0, 0.05) is 52.4 Å². The summed E-state index contributed by atoms with van der Waals surface area (Å²) in [6.45, 7) is 4.66. The van der Waals surface area contributed by atoms with Gasteiger partial charge in [-0.3, -0.25) is 14.6 Å². The van der Waals surface area contributed by atoms with Gasteiger partial charge in [-0.2, -0.15) is 0 Å². The number of aliphatic carboxylic acids is 1. The fourth-order valence-electron chi connectivity index (χ4n) is 2.68. The molecule has 0 aromatic heterocycles. The summed E-state index contributed by atoms with van der Waals surface area (Å²) >= 11 is 0. The minimum Gasteiger partial charge on any atom is -0.480 e. The molecule has 136 valence electrons. The lowest BCUT2D eigenvalue weighted by molar-refractivity contribution is -0.138. The molecular weight excluding hydrogens is 304 g/mol. The van der Waals surface area contributed by atoms with E-state index >= 15 is 0 Å². The molecule has 1 aliphatic heterocycles. The van der Waals surface area contributed by atoms with Gasteiger partial charge in [-0.05, 0) is 0 Å². The molecule has 0 saturated carbocycles. The maximum atomic E-state index is 10.8. The number of nitrogens with one attached hydrogen (secondary N) is 2. The van der Waals surface area contributed by atoms with E-state index in [1.54, 1.807) is 0 Å². The molecule has 23 heavy (non-hydrogen) atoms. The van der Waals surface area contributed by atoms with Crippen LogP contribution >= 0.6 is 0 Å². The van der Waals surface area contributed by atoms with Crippen molar-refractivity contribution in [2.45, 2.75) is 12.1 Å². The monoisotopic (exact) mass is 334 g/mol. The van der Waals surface area contributed by atoms with Gasteiger partial charge in [0.2, 0.25) is 0 Å². The van der Waals surface area contributed by atoms with Crippen molar-refractivity contribution < 1.29 is 25.2 Å². The molecule has 9 nitrogen and oxygen atoms in total. The largest absolute Gasteiger partial charge is 0.480 e. The minimum absolute atomic E-state index is 0.0325. The standard InChI is InChI=1S/C14H30N4O5/c19-10-12(13(21)11-20)18-7-3-15-1-5-17(9-14(22)23)6-2-16-4-8-18/h12-13,15-16,19-21H,1-11H2,(H,22,23). The van der Waals surface area contributed by atoms with Crippen molar-refractivity contribution in [3.63, 3.8) is 0 Å². The van der Waals surface area contributed by atoms with Crippen LogP contribution in [0.5, 0.6) is 0 Å². The van der Waals surface area contributed by atoms with Gasteiger partial charge >= 0.3 is 5.97 Å². The van der Waals surface area contributed by atoms with E-state index < -0.39 is 18.1 Å². The zero-order valence-electron chi connectivity index (χ0n) is 13.5. The van der Waals surface area contributed by atoms with Crippen LogP contribution in [0.25, 0.3) is 0 Å². The number of hydrogen-bond donors (Lipinski definition) is 6. The second-order valence-electron chi connectivity index (χ2n) is 5.71. The van der Waals surface area contributed by atoms with Crippen molar-refractivity contribution in [1.29, 1.82) is 0 Å². The molecule has 0 amide bonds. The molecule has 0 aliphatic carbocycles. The number of rotatable bonds is 6. The molecule has 6 N–H and O–H groups in total. The van der Waals surface area contributed by atoms with Crippen molar-refractivity contribution in [2.24, 2.45) is 0 Å². The summed E-state index contributed by atoms with van der Waals surface area (Å²) < 4.78 is 0. The minimum atomic E-state index is -0.973. The number of nitrogens with zero attached hydrogens (tertiary/aromatic N) is 2. The number of carboxylic acid groups (broad SMARTS) is 1. The fraction of sp³-hybridized carbons (Fsp3) is 0.929. The zero-order chi connectivity index (χ0) is 17.1. The van der Waals surface area contributed by atoms with Crippen LogP contribution in [-0.4, -0.2) is 120 Å². The Balaban J connectivity index is 2.52. The Kier molecular flexibility index (Phi) is 10.3. The molecule has 1 aliphatic rings. The van der Waals surface area contributed by atoms with Crippen molar-refractivity contribution in [1.82, 2.24) is 20.4 Å². The lowest BCUT2D eigenvalue weighted by atomic mass is 10.1. The molecular formula is C14H30N4O5. The Hall–Kier alpha value is -0.810. The molecule has 2 atom stereocenters. The number of aliphatic hydroxyl groups excluding tert-OH is 3. The summed E-state index contributed by atoms with van der Waals surface area (Å²) in [4.78, 5) is 14.7. The number of carbonyl (C=O) groups is 1. The Bertz CT molecular complexity index is 320. The van der Waals surface area contributed by atoms with Crippen LogP contribution in [0.2, 0.25) is 0 Å². The van der Waals surface area contributed by atoms with E-state index in [9.17, 15) is 15.0 Å². The average Bonchev–Trinajstić information content (AvgIpc) is 2.51. The molecule has 1 saturated heterocycles. The van der Waals surface area contributed by atoms with Gasteiger partial charge in [-0.1, -0.05) is 0 Å². The Morgan fingerprint density at radius 3 is 1.91 bits per heavy atom. The Morgan fingerprint density at radius 2 is 1.48 bits per heavy atom. The predicted octanol–water partition coefficient (Wildman–Crippen LogP) is -3.42. The van der Waals surface area contributed by atoms with E-state index in [1.165, 1.54) is 0 Å². The third-order valence-corrected chi connectivity index (χ3v) is 4.01. The van der Waals surface area contributed by atoms with Crippen LogP contribution in [0, 0.1) is 0 Å². The van der Waals surface area contributed by atoms with Crippen LogP contribution in [0.4, 0.5) is 0 Å². The molecule has 1 fully saturated rings. The van der Waals surface area contributed by atoms with E-state index in [4.69, 9.17) is 10.2 Å². The van der Waals surface area contributed by atoms with Crippen LogP contribution in [-0.2, 0) is 4.79 Å². The first-order valence-electron chi connectivity index (χ1n) is 8.08. The summed E-state index contributed by atoms with van der Waals surface area (Å²) in [7, 11) is 0. The van der Waals surface area contributed by atoms with Crippen molar-refractivity contribution >= 4 is 5.97 Å². The average molecular weight is 334 g/mol. The molecule has 9 heteroatoms. The van der Waals surface area contributed by atoms with Gasteiger partial charge < -0.3 is 31.1 Å². The van der Waals surface area contributed by atoms with Gasteiger partial charge in [0.15, 0.2) is 0 Å². The highest BCUT2D eigenvalue weighted by molar-refractivity contribution is 5.69. The lowest BCUT2D eigenvalue weighted by Crippen LogP contribution is -2.52. The van der Waals surface area contributed by atoms with Crippen molar-refractivity contribution in [3.8, 4) is 0 Å². The topological polar surface area (TPSA) is 129 Å². The van der Waals surface area contributed by atoms with Crippen LogP contribution in [0.3, 0.4) is 0 Å². The lowest BCUT2D eigenvalue weighted by Gasteiger charge is -2.33. The highest BCUT2D eigenvalue weighted by Crippen LogP contribution is 2.04. The summed E-state index contributed by atoms with van der Waals surface area (Å²) in [6.07, 6.45) is -0.973. The van der Waals surface area contributed by atoms with Gasteiger partial charge in [-0.25, -0.2) is 0 Å². The molecule has 1 rings (SSSR count). The maximum Gasteiger partial charge on any atom is 0.317 e. The molecule has 0 radical (unpaired) electrons. The SMILES string of the molecule is O=C(O)CN1CCNCCN(C(CO)C(O)CO)CCNCC1. The van der Waals surface area contributed by atoms with Gasteiger partial charge in [0.05, 0.1) is 31.9 Å². The van der Waals surface area contributed by atoms with Crippen LogP contribution in [0.15, 0.2) is 0 Å². The predicted molar refractivity (Wildman–Crippen MR) is 85.4 cm³/mol. The molecule has 0 bridgehead atoms. The molecule has 1 heterocycles. The van der Waals surface area contributed by atoms with Gasteiger partial charge in [0.1, 0.15) is 0 Å². The first-order valence-corrected chi connectivity index (χ1v) is 8.08. The van der Waals surface area contributed by atoms with Crippen molar-refractivity contribution in [3.05, 3.63) is 0 Å². The quantitative estimate of drug-likeness (QED) is 0.294.